The average molecular weight is 212 g/mol. The number of rotatable bonds is 1. The zero-order valence-electron chi connectivity index (χ0n) is 7.25. The zero-order chi connectivity index (χ0) is 9.42. The summed E-state index contributed by atoms with van der Waals surface area (Å²) in [5.41, 5.74) is 7.02. The molecular weight excluding hydrogens is 202 g/mol. The Morgan fingerprint density at radius 3 is 2.92 bits per heavy atom. The van der Waals surface area contributed by atoms with E-state index in [1.807, 2.05) is 19.1 Å². The third-order valence-corrected chi connectivity index (χ3v) is 3.55. The van der Waals surface area contributed by atoms with Gasteiger partial charge in [-0.25, -0.2) is 0 Å². The predicted molar refractivity (Wildman–Crippen MR) is 59.4 cm³/mol. The van der Waals surface area contributed by atoms with Crippen molar-refractivity contribution in [3.05, 3.63) is 34.2 Å². The average Bonchev–Trinajstić information content (AvgIpc) is 2.48. The molecule has 1 nitrogen and oxygen atoms in total. The second kappa shape index (κ2) is 3.29. The molecule has 2 N–H and O–H groups in total. The number of hydrogen-bond acceptors (Lipinski definition) is 2. The molecule has 0 aliphatic carbocycles. The molecule has 0 saturated carbocycles. The van der Waals surface area contributed by atoms with Gasteiger partial charge in [0.1, 0.15) is 0 Å². The van der Waals surface area contributed by atoms with Gasteiger partial charge in [-0.05, 0) is 29.3 Å². The zero-order valence-corrected chi connectivity index (χ0v) is 8.82. The van der Waals surface area contributed by atoms with Gasteiger partial charge in [0.25, 0.3) is 0 Å². The molecule has 2 aromatic rings. The summed E-state index contributed by atoms with van der Waals surface area (Å²) < 4.78 is 1.14. The summed E-state index contributed by atoms with van der Waals surface area (Å²) in [6.07, 6.45) is 0. The molecule has 1 aromatic heterocycles. The van der Waals surface area contributed by atoms with Gasteiger partial charge in [0.05, 0.1) is 9.72 Å². The molecule has 0 spiro atoms. The fourth-order valence-electron chi connectivity index (χ4n) is 1.39. The van der Waals surface area contributed by atoms with E-state index in [1.54, 1.807) is 11.3 Å². The molecular formula is C10H10ClNS. The molecule has 1 heterocycles. The van der Waals surface area contributed by atoms with Crippen LogP contribution in [0.4, 0.5) is 0 Å². The number of fused-ring (bicyclic) bond motifs is 1. The Labute approximate surface area is 86.1 Å². The van der Waals surface area contributed by atoms with Gasteiger partial charge in [-0.3, -0.25) is 0 Å². The summed E-state index contributed by atoms with van der Waals surface area (Å²) in [6, 6.07) is 6.01. The lowest BCUT2D eigenvalue weighted by molar-refractivity contribution is 0.830. The van der Waals surface area contributed by atoms with Crippen molar-refractivity contribution in [1.29, 1.82) is 0 Å². The fourth-order valence-corrected chi connectivity index (χ4v) is 2.78. The van der Waals surface area contributed by atoms with Crippen LogP contribution in [0, 0.1) is 0 Å². The molecule has 0 amide bonds. The molecule has 0 aliphatic rings. The van der Waals surface area contributed by atoms with Crippen molar-refractivity contribution in [3.8, 4) is 0 Å². The third-order valence-electron chi connectivity index (χ3n) is 2.07. The van der Waals surface area contributed by atoms with Crippen LogP contribution in [0.1, 0.15) is 18.5 Å². The van der Waals surface area contributed by atoms with Crippen molar-refractivity contribution >= 4 is 33.0 Å². The molecule has 3 heteroatoms. The number of benzene rings is 1. The largest absolute Gasteiger partial charge is 0.324 e. The summed E-state index contributed by atoms with van der Waals surface area (Å²) in [5.74, 6) is 0. The van der Waals surface area contributed by atoms with Crippen molar-refractivity contribution in [2.24, 2.45) is 5.73 Å². The number of hydrogen-bond donors (Lipinski definition) is 1. The van der Waals surface area contributed by atoms with Gasteiger partial charge < -0.3 is 5.73 Å². The lowest BCUT2D eigenvalue weighted by Crippen LogP contribution is -2.03. The normalized spacial score (nSPS) is 13.5. The number of halogens is 1. The van der Waals surface area contributed by atoms with Crippen LogP contribution < -0.4 is 5.73 Å². The van der Waals surface area contributed by atoms with Crippen LogP contribution in [0.25, 0.3) is 10.1 Å². The molecule has 1 unspecified atom stereocenters. The molecule has 13 heavy (non-hydrogen) atoms. The Morgan fingerprint density at radius 2 is 2.23 bits per heavy atom. The van der Waals surface area contributed by atoms with Crippen molar-refractivity contribution in [1.82, 2.24) is 0 Å². The van der Waals surface area contributed by atoms with E-state index in [4.69, 9.17) is 17.3 Å². The van der Waals surface area contributed by atoms with E-state index in [1.165, 1.54) is 10.9 Å². The smallest absolute Gasteiger partial charge is 0.0584 e. The number of thiophene rings is 1. The Balaban J connectivity index is 2.75. The predicted octanol–water partition coefficient (Wildman–Crippen LogP) is 3.57. The van der Waals surface area contributed by atoms with Gasteiger partial charge in [0.15, 0.2) is 0 Å². The number of nitrogens with two attached hydrogens (primary N) is 1. The summed E-state index contributed by atoms with van der Waals surface area (Å²) in [4.78, 5) is 0. The lowest BCUT2D eigenvalue weighted by Gasteiger charge is -2.02. The van der Waals surface area contributed by atoms with Gasteiger partial charge >= 0.3 is 0 Å². The SMILES string of the molecule is CC(N)c1csc2c(Cl)cccc12. The highest BCUT2D eigenvalue weighted by atomic mass is 35.5. The molecule has 0 radical (unpaired) electrons. The summed E-state index contributed by atoms with van der Waals surface area (Å²) in [6.45, 7) is 1.99. The van der Waals surface area contributed by atoms with Crippen molar-refractivity contribution in [3.63, 3.8) is 0 Å². The maximum absolute atomic E-state index is 6.04. The molecule has 1 atom stereocenters. The quantitative estimate of drug-likeness (QED) is 0.767. The van der Waals surface area contributed by atoms with E-state index in [0.29, 0.717) is 0 Å². The first kappa shape index (κ1) is 9.00. The first-order valence-electron chi connectivity index (χ1n) is 4.11. The van der Waals surface area contributed by atoms with Gasteiger partial charge in [0, 0.05) is 6.04 Å². The minimum Gasteiger partial charge on any atom is -0.324 e. The van der Waals surface area contributed by atoms with Crippen molar-refractivity contribution < 1.29 is 0 Å². The molecule has 2 rings (SSSR count). The van der Waals surface area contributed by atoms with Gasteiger partial charge in [-0.15, -0.1) is 11.3 Å². The summed E-state index contributed by atoms with van der Waals surface area (Å²) >= 11 is 7.70. The monoisotopic (exact) mass is 211 g/mol. The first-order chi connectivity index (χ1) is 6.20. The lowest BCUT2D eigenvalue weighted by atomic mass is 10.1. The van der Waals surface area contributed by atoms with Crippen molar-refractivity contribution in [2.75, 3.05) is 0 Å². The van der Waals surface area contributed by atoms with Crippen LogP contribution in [0.3, 0.4) is 0 Å². The van der Waals surface area contributed by atoms with Crippen LogP contribution in [0.2, 0.25) is 5.02 Å². The van der Waals surface area contributed by atoms with Gasteiger partial charge in [-0.2, -0.15) is 0 Å². The van der Waals surface area contributed by atoms with Crippen LogP contribution in [-0.2, 0) is 0 Å². The molecule has 1 aromatic carbocycles. The minimum absolute atomic E-state index is 0.0761. The highest BCUT2D eigenvalue weighted by molar-refractivity contribution is 7.18. The van der Waals surface area contributed by atoms with E-state index in [0.717, 1.165) is 9.72 Å². The van der Waals surface area contributed by atoms with E-state index >= 15 is 0 Å². The Kier molecular flexibility index (Phi) is 2.28. The maximum Gasteiger partial charge on any atom is 0.0584 e. The second-order valence-electron chi connectivity index (χ2n) is 3.10. The Morgan fingerprint density at radius 1 is 1.46 bits per heavy atom. The molecule has 68 valence electrons. The Bertz CT molecular complexity index is 433. The molecule has 0 fully saturated rings. The van der Waals surface area contributed by atoms with E-state index in [-0.39, 0.29) is 6.04 Å². The van der Waals surface area contributed by atoms with Gasteiger partial charge in [-0.1, -0.05) is 23.7 Å². The van der Waals surface area contributed by atoms with Crippen molar-refractivity contribution in [2.45, 2.75) is 13.0 Å². The summed E-state index contributed by atoms with van der Waals surface area (Å²) in [5, 5.41) is 4.09. The topological polar surface area (TPSA) is 26.0 Å². The first-order valence-corrected chi connectivity index (χ1v) is 5.37. The third kappa shape index (κ3) is 1.46. The maximum atomic E-state index is 6.04. The van der Waals surface area contributed by atoms with E-state index in [2.05, 4.69) is 11.4 Å². The van der Waals surface area contributed by atoms with E-state index < -0.39 is 0 Å². The van der Waals surface area contributed by atoms with Gasteiger partial charge in [0.2, 0.25) is 0 Å². The van der Waals surface area contributed by atoms with E-state index in [9.17, 15) is 0 Å². The molecule has 0 aliphatic heterocycles. The van der Waals surface area contributed by atoms with Crippen LogP contribution in [-0.4, -0.2) is 0 Å². The van der Waals surface area contributed by atoms with Crippen LogP contribution in [0.5, 0.6) is 0 Å². The van der Waals surface area contributed by atoms with Crippen LogP contribution >= 0.6 is 22.9 Å². The minimum atomic E-state index is 0.0761. The molecule has 0 saturated heterocycles. The standard InChI is InChI=1S/C10H10ClNS/c1-6(12)8-5-13-10-7(8)3-2-4-9(10)11/h2-6H,12H2,1H3. The van der Waals surface area contributed by atoms with Crippen LogP contribution in [0.15, 0.2) is 23.6 Å². The Hall–Kier alpha value is -0.570. The fraction of sp³-hybridized carbons (Fsp3) is 0.200. The summed E-state index contributed by atoms with van der Waals surface area (Å²) in [7, 11) is 0. The second-order valence-corrected chi connectivity index (χ2v) is 4.38. The highest BCUT2D eigenvalue weighted by Gasteiger charge is 2.08. The highest BCUT2D eigenvalue weighted by Crippen LogP contribution is 2.33. The molecule has 0 bridgehead atoms.